The van der Waals surface area contributed by atoms with Crippen molar-refractivity contribution in [2.45, 2.75) is 83.2 Å². The number of rotatable bonds is 7. The maximum atomic E-state index is 13.6. The van der Waals surface area contributed by atoms with E-state index in [1.165, 1.54) is 24.8 Å². The summed E-state index contributed by atoms with van der Waals surface area (Å²) in [4.78, 5) is 19.8. The fourth-order valence-electron chi connectivity index (χ4n) is 6.64. The lowest BCUT2D eigenvalue weighted by Gasteiger charge is -2.35. The Labute approximate surface area is 238 Å². The highest BCUT2D eigenvalue weighted by atomic mass is 19.4. The molecule has 1 saturated heterocycles. The number of pyridine rings is 1. The number of amides is 1. The second-order valence-corrected chi connectivity index (χ2v) is 11.9. The molecule has 1 spiro atoms. The molecule has 3 fully saturated rings. The number of nitrogens with zero attached hydrogens (tertiary/aromatic N) is 2. The summed E-state index contributed by atoms with van der Waals surface area (Å²) in [6.45, 7) is 5.96. The Hall–Kier alpha value is -3.55. The van der Waals surface area contributed by atoms with Crippen LogP contribution in [0.25, 0.3) is 11.1 Å². The number of benzene rings is 2. The van der Waals surface area contributed by atoms with Crippen LogP contribution in [0.15, 0.2) is 48.5 Å². The number of aromatic nitrogens is 1. The number of aryl methyl sites for hydroxylation is 2. The lowest BCUT2D eigenvalue weighted by Crippen LogP contribution is -2.36. The monoisotopic (exact) mass is 564 g/mol. The maximum Gasteiger partial charge on any atom is 0.416 e. The first-order valence-corrected chi connectivity index (χ1v) is 14.3. The Bertz CT molecular complexity index is 1490. The number of cyclic esters (lactones) is 1. The quantitative estimate of drug-likeness (QED) is 0.289. The van der Waals surface area contributed by atoms with Crippen molar-refractivity contribution in [2.24, 2.45) is 5.92 Å². The van der Waals surface area contributed by atoms with E-state index in [4.69, 9.17) is 14.5 Å². The minimum absolute atomic E-state index is 0.193. The van der Waals surface area contributed by atoms with Gasteiger partial charge in [0, 0.05) is 16.8 Å². The molecule has 2 saturated carbocycles. The summed E-state index contributed by atoms with van der Waals surface area (Å²) in [5, 5.41) is 0. The number of alkyl halides is 3. The van der Waals surface area contributed by atoms with Gasteiger partial charge in [0.2, 0.25) is 0 Å². The van der Waals surface area contributed by atoms with Crippen molar-refractivity contribution in [3.05, 3.63) is 82.2 Å². The van der Waals surface area contributed by atoms with E-state index in [1.54, 1.807) is 25.0 Å². The first kappa shape index (κ1) is 27.6. The first-order chi connectivity index (χ1) is 19.5. The Morgan fingerprint density at radius 3 is 2.44 bits per heavy atom. The van der Waals surface area contributed by atoms with Gasteiger partial charge < -0.3 is 9.47 Å². The molecule has 6 rings (SSSR count). The summed E-state index contributed by atoms with van der Waals surface area (Å²) in [6, 6.07) is 14.2. The highest BCUT2D eigenvalue weighted by molar-refractivity contribution is 5.76. The van der Waals surface area contributed by atoms with Gasteiger partial charge in [0.15, 0.2) is 6.10 Å². The number of hydrogen-bond donors (Lipinski definition) is 0. The van der Waals surface area contributed by atoms with Gasteiger partial charge in [0.1, 0.15) is 5.75 Å². The zero-order valence-electron chi connectivity index (χ0n) is 23.8. The van der Waals surface area contributed by atoms with E-state index in [1.807, 2.05) is 25.1 Å². The molecular weight excluding hydrogens is 529 g/mol. The van der Waals surface area contributed by atoms with Gasteiger partial charge in [-0.2, -0.15) is 13.2 Å². The van der Waals surface area contributed by atoms with Crippen LogP contribution in [0.2, 0.25) is 0 Å². The summed E-state index contributed by atoms with van der Waals surface area (Å²) in [6.07, 6.45) is -0.924. The standard InChI is InChI=1S/C33H35F3N2O3/c1-5-21-14-23(15-21)22-7-9-29(40-4)27(17-22)26-8-6-20(3)37-28(26)18-38-31(39)41-30(32(38)10-11-32)24-12-19(2)13-25(16-24)33(34,35)36/h6-9,12-13,16-17,21,23,30H,5,10-11,14-15,18H2,1-4H3/t21?,23?,30-/m1/s1. The lowest BCUT2D eigenvalue weighted by atomic mass is 9.70. The summed E-state index contributed by atoms with van der Waals surface area (Å²) in [7, 11) is 1.65. The van der Waals surface area contributed by atoms with Crippen LogP contribution in [-0.2, 0) is 17.5 Å². The van der Waals surface area contributed by atoms with Crippen molar-refractivity contribution in [1.29, 1.82) is 0 Å². The van der Waals surface area contributed by atoms with Crippen LogP contribution >= 0.6 is 0 Å². The Morgan fingerprint density at radius 2 is 1.78 bits per heavy atom. The van der Waals surface area contributed by atoms with Crippen molar-refractivity contribution in [2.75, 3.05) is 7.11 Å². The molecular formula is C33H35F3N2O3. The van der Waals surface area contributed by atoms with Gasteiger partial charge in [-0.3, -0.25) is 9.88 Å². The van der Waals surface area contributed by atoms with E-state index in [-0.39, 0.29) is 6.54 Å². The second-order valence-electron chi connectivity index (χ2n) is 11.9. The molecule has 3 aliphatic rings. The molecule has 3 aromatic rings. The minimum atomic E-state index is -4.48. The largest absolute Gasteiger partial charge is 0.496 e. The third-order valence-electron chi connectivity index (χ3n) is 9.18. The molecule has 1 aromatic heterocycles. The van der Waals surface area contributed by atoms with Crippen LogP contribution in [0.1, 0.15) is 84.7 Å². The normalized spacial score (nSPS) is 23.0. The van der Waals surface area contributed by atoms with Gasteiger partial charge in [0.25, 0.3) is 0 Å². The van der Waals surface area contributed by atoms with Gasteiger partial charge in [-0.05, 0) is 92.8 Å². The van der Waals surface area contributed by atoms with Crippen LogP contribution < -0.4 is 4.74 Å². The summed E-state index contributed by atoms with van der Waals surface area (Å²) >= 11 is 0. The molecule has 2 aliphatic carbocycles. The van der Waals surface area contributed by atoms with E-state index in [2.05, 4.69) is 19.1 Å². The van der Waals surface area contributed by atoms with Gasteiger partial charge in [-0.25, -0.2) is 4.79 Å². The van der Waals surface area contributed by atoms with E-state index in [9.17, 15) is 18.0 Å². The summed E-state index contributed by atoms with van der Waals surface area (Å²) in [5.41, 5.74) is 4.03. The highest BCUT2D eigenvalue weighted by Crippen LogP contribution is 2.58. The molecule has 0 radical (unpaired) electrons. The van der Waals surface area contributed by atoms with Crippen LogP contribution in [0.3, 0.4) is 0 Å². The lowest BCUT2D eigenvalue weighted by molar-refractivity contribution is -0.137. The van der Waals surface area contributed by atoms with Gasteiger partial charge >= 0.3 is 12.3 Å². The molecule has 0 unspecified atom stereocenters. The Kier molecular flexibility index (Phi) is 6.78. The molecule has 8 heteroatoms. The highest BCUT2D eigenvalue weighted by Gasteiger charge is 2.63. The molecule has 1 atom stereocenters. The van der Waals surface area contributed by atoms with Crippen molar-refractivity contribution in [3.8, 4) is 16.9 Å². The second kappa shape index (κ2) is 10.1. The minimum Gasteiger partial charge on any atom is -0.496 e. The molecule has 1 amide bonds. The molecule has 41 heavy (non-hydrogen) atoms. The predicted octanol–water partition coefficient (Wildman–Crippen LogP) is 8.52. The number of methoxy groups -OCH3 is 1. The number of halogens is 3. The van der Waals surface area contributed by atoms with Crippen molar-refractivity contribution >= 4 is 6.09 Å². The zero-order chi connectivity index (χ0) is 29.1. The van der Waals surface area contributed by atoms with Gasteiger partial charge in [0.05, 0.1) is 30.5 Å². The van der Waals surface area contributed by atoms with Crippen LogP contribution in [0.5, 0.6) is 5.75 Å². The fourth-order valence-corrected chi connectivity index (χ4v) is 6.64. The van der Waals surface area contributed by atoms with Crippen molar-refractivity contribution in [1.82, 2.24) is 9.88 Å². The van der Waals surface area contributed by atoms with Crippen molar-refractivity contribution in [3.63, 3.8) is 0 Å². The maximum absolute atomic E-state index is 13.6. The van der Waals surface area contributed by atoms with E-state index in [0.717, 1.165) is 40.6 Å². The van der Waals surface area contributed by atoms with Gasteiger partial charge in [-0.15, -0.1) is 0 Å². The molecule has 216 valence electrons. The van der Waals surface area contributed by atoms with E-state index in [0.29, 0.717) is 35.6 Å². The predicted molar refractivity (Wildman–Crippen MR) is 150 cm³/mol. The van der Waals surface area contributed by atoms with E-state index >= 15 is 0 Å². The van der Waals surface area contributed by atoms with Gasteiger partial charge in [-0.1, -0.05) is 37.1 Å². The van der Waals surface area contributed by atoms with Crippen LogP contribution in [-0.4, -0.2) is 28.6 Å². The smallest absolute Gasteiger partial charge is 0.416 e. The number of carbonyl (C=O) groups excluding carboxylic acids is 1. The first-order valence-electron chi connectivity index (χ1n) is 14.3. The number of hydrogen-bond acceptors (Lipinski definition) is 4. The van der Waals surface area contributed by atoms with Crippen molar-refractivity contribution < 1.29 is 27.4 Å². The zero-order valence-corrected chi connectivity index (χ0v) is 23.8. The fraction of sp³-hybridized carbons (Fsp3) is 0.455. The average Bonchev–Trinajstić information content (AvgIpc) is 3.65. The van der Waals surface area contributed by atoms with Crippen LogP contribution in [0.4, 0.5) is 18.0 Å². The third-order valence-corrected chi connectivity index (χ3v) is 9.18. The topological polar surface area (TPSA) is 51.7 Å². The molecule has 5 nitrogen and oxygen atoms in total. The third kappa shape index (κ3) is 4.95. The molecule has 1 aliphatic heterocycles. The number of carbonyl (C=O) groups is 1. The summed E-state index contributed by atoms with van der Waals surface area (Å²) < 4.78 is 52.4. The Balaban J connectivity index is 1.34. The van der Waals surface area contributed by atoms with E-state index < -0.39 is 29.5 Å². The summed E-state index contributed by atoms with van der Waals surface area (Å²) in [5.74, 6) is 2.02. The number of ether oxygens (including phenoxy) is 2. The average molecular weight is 565 g/mol. The SMILES string of the molecule is CCC1CC(c2ccc(OC)c(-c3ccc(C)nc3CN3C(=O)O[C@H](c4cc(C)cc(C(F)(F)F)c4)C34CC4)c2)C1. The van der Waals surface area contributed by atoms with Crippen LogP contribution in [0, 0.1) is 19.8 Å². The molecule has 0 bridgehead atoms. The molecule has 2 heterocycles. The molecule has 2 aromatic carbocycles. The molecule has 0 N–H and O–H groups in total. The Morgan fingerprint density at radius 1 is 1.02 bits per heavy atom.